The van der Waals surface area contributed by atoms with E-state index >= 15 is 4.39 Å². The predicted octanol–water partition coefficient (Wildman–Crippen LogP) is 3.53. The van der Waals surface area contributed by atoms with E-state index in [1.807, 2.05) is 12.4 Å². The summed E-state index contributed by atoms with van der Waals surface area (Å²) >= 11 is 0. The number of carbonyl (C=O) groups excluding carboxylic acids is 1. The zero-order valence-electron chi connectivity index (χ0n) is 22.4. The van der Waals surface area contributed by atoms with Gasteiger partial charge in [-0.2, -0.15) is 10.2 Å². The van der Waals surface area contributed by atoms with Crippen molar-refractivity contribution in [2.45, 2.75) is 38.3 Å². The standard InChI is InChI=1S/C28H33FN8O2/c1-17-10-18(28(38)30-2)11-22(25(17)29)23-13-32-37-15-24(26(34-27(23)37)33-20-6-9-39-16-20)19-12-31-36(14-19)21-4-7-35(3)8-5-21/h10-15,20-21H,4-9,16H2,1-3H3,(H,30,38)(H,33,34)/t20-/m0/s1. The molecule has 5 heterocycles. The Morgan fingerprint density at radius 2 is 1.90 bits per heavy atom. The molecule has 2 N–H and O–H groups in total. The van der Waals surface area contributed by atoms with E-state index in [-0.39, 0.29) is 17.5 Å². The number of hydrogen-bond donors (Lipinski definition) is 2. The molecule has 2 aliphatic rings. The molecule has 0 unspecified atom stereocenters. The summed E-state index contributed by atoms with van der Waals surface area (Å²) < 4.78 is 24.7. The highest BCUT2D eigenvalue weighted by molar-refractivity contribution is 5.96. The van der Waals surface area contributed by atoms with Crippen LogP contribution in [0.5, 0.6) is 0 Å². The highest BCUT2D eigenvalue weighted by Crippen LogP contribution is 2.34. The van der Waals surface area contributed by atoms with Crippen molar-refractivity contribution in [2.75, 3.05) is 45.7 Å². The van der Waals surface area contributed by atoms with Gasteiger partial charge in [-0.3, -0.25) is 9.48 Å². The van der Waals surface area contributed by atoms with Crippen molar-refractivity contribution >= 4 is 17.4 Å². The first-order valence-electron chi connectivity index (χ1n) is 13.4. The number of nitrogens with zero attached hydrogens (tertiary/aromatic N) is 6. The van der Waals surface area contributed by atoms with Gasteiger partial charge in [0.05, 0.1) is 31.1 Å². The number of ether oxygens (including phenoxy) is 1. The van der Waals surface area contributed by atoms with Gasteiger partial charge in [-0.05, 0) is 64.0 Å². The minimum Gasteiger partial charge on any atom is -0.379 e. The van der Waals surface area contributed by atoms with Crippen molar-refractivity contribution in [3.8, 4) is 22.3 Å². The van der Waals surface area contributed by atoms with Gasteiger partial charge in [-0.1, -0.05) is 0 Å². The number of fused-ring (bicyclic) bond motifs is 1. The lowest BCUT2D eigenvalue weighted by molar-refractivity contribution is 0.0963. The van der Waals surface area contributed by atoms with Gasteiger partial charge in [-0.15, -0.1) is 0 Å². The molecule has 3 aromatic heterocycles. The number of piperidine rings is 1. The second kappa shape index (κ2) is 10.4. The van der Waals surface area contributed by atoms with Gasteiger partial charge in [0.2, 0.25) is 0 Å². The van der Waals surface area contributed by atoms with E-state index in [4.69, 9.17) is 14.8 Å². The summed E-state index contributed by atoms with van der Waals surface area (Å²) in [6.07, 6.45) is 10.4. The Morgan fingerprint density at radius 1 is 1.08 bits per heavy atom. The van der Waals surface area contributed by atoms with Gasteiger partial charge < -0.3 is 20.3 Å². The molecule has 0 radical (unpaired) electrons. The Morgan fingerprint density at radius 3 is 2.64 bits per heavy atom. The van der Waals surface area contributed by atoms with Crippen LogP contribution in [0.3, 0.4) is 0 Å². The van der Waals surface area contributed by atoms with Crippen LogP contribution in [0.15, 0.2) is 36.9 Å². The number of benzene rings is 1. The number of rotatable bonds is 6. The quantitative estimate of drug-likeness (QED) is 0.392. The third kappa shape index (κ3) is 4.87. The van der Waals surface area contributed by atoms with Crippen molar-refractivity contribution in [2.24, 2.45) is 0 Å². The maximum absolute atomic E-state index is 15.4. The molecule has 0 bridgehead atoms. The van der Waals surface area contributed by atoms with E-state index in [2.05, 4.69) is 38.6 Å². The molecule has 4 aromatic rings. The third-order valence-corrected chi connectivity index (χ3v) is 7.77. The lowest BCUT2D eigenvalue weighted by Gasteiger charge is -2.28. The van der Waals surface area contributed by atoms with Crippen molar-refractivity contribution in [1.29, 1.82) is 0 Å². The molecule has 2 fully saturated rings. The number of anilines is 1. The summed E-state index contributed by atoms with van der Waals surface area (Å²) in [4.78, 5) is 19.7. The average Bonchev–Trinajstić information content (AvgIpc) is 3.71. The highest BCUT2D eigenvalue weighted by Gasteiger charge is 2.24. The Balaban J connectivity index is 1.44. The maximum Gasteiger partial charge on any atom is 0.251 e. The number of carbonyl (C=O) groups is 1. The fourth-order valence-corrected chi connectivity index (χ4v) is 5.44. The molecule has 1 amide bonds. The van der Waals surface area contributed by atoms with Gasteiger partial charge in [0, 0.05) is 53.9 Å². The first-order valence-corrected chi connectivity index (χ1v) is 13.4. The molecule has 10 nitrogen and oxygen atoms in total. The maximum atomic E-state index is 15.4. The summed E-state index contributed by atoms with van der Waals surface area (Å²) in [7, 11) is 3.70. The minimum atomic E-state index is -0.401. The van der Waals surface area contributed by atoms with Crippen LogP contribution >= 0.6 is 0 Å². The summed E-state index contributed by atoms with van der Waals surface area (Å²) in [5.74, 6) is -0.0138. The van der Waals surface area contributed by atoms with Gasteiger partial charge >= 0.3 is 0 Å². The van der Waals surface area contributed by atoms with Crippen LogP contribution in [-0.2, 0) is 4.74 Å². The van der Waals surface area contributed by atoms with Crippen molar-refractivity contribution in [1.82, 2.24) is 34.6 Å². The first-order chi connectivity index (χ1) is 18.9. The van der Waals surface area contributed by atoms with E-state index in [0.717, 1.165) is 43.5 Å². The lowest BCUT2D eigenvalue weighted by Crippen LogP contribution is -2.31. The minimum absolute atomic E-state index is 0.115. The normalized spacial score (nSPS) is 18.6. The Labute approximate surface area is 226 Å². The molecule has 1 aromatic carbocycles. The number of halogens is 1. The molecule has 0 aliphatic carbocycles. The van der Waals surface area contributed by atoms with Crippen molar-refractivity contribution in [3.05, 3.63) is 53.9 Å². The molecule has 204 valence electrons. The molecule has 0 saturated carbocycles. The van der Waals surface area contributed by atoms with Crippen LogP contribution in [0.1, 0.15) is 41.2 Å². The first kappa shape index (κ1) is 25.4. The van der Waals surface area contributed by atoms with Gasteiger partial charge in [0.25, 0.3) is 5.91 Å². The smallest absolute Gasteiger partial charge is 0.251 e. The van der Waals surface area contributed by atoms with E-state index in [1.54, 1.807) is 36.8 Å². The number of amides is 1. The zero-order valence-corrected chi connectivity index (χ0v) is 22.4. The molecular formula is C28H33FN8O2. The average molecular weight is 533 g/mol. The number of aromatic nitrogens is 5. The zero-order chi connectivity index (χ0) is 27.1. The topological polar surface area (TPSA) is 102 Å². The largest absolute Gasteiger partial charge is 0.379 e. The van der Waals surface area contributed by atoms with E-state index in [1.165, 1.54) is 0 Å². The Kier molecular flexibility index (Phi) is 6.78. The Hall–Kier alpha value is -3.83. The molecule has 2 saturated heterocycles. The van der Waals surface area contributed by atoms with Crippen LogP contribution in [0.25, 0.3) is 27.9 Å². The Bertz CT molecular complexity index is 1520. The molecule has 1 atom stereocenters. The van der Waals surface area contributed by atoms with Gasteiger partial charge in [0.15, 0.2) is 5.65 Å². The second-order valence-electron chi connectivity index (χ2n) is 10.5. The van der Waals surface area contributed by atoms with Crippen molar-refractivity contribution in [3.63, 3.8) is 0 Å². The molecule has 11 heteroatoms. The fourth-order valence-electron chi connectivity index (χ4n) is 5.44. The summed E-state index contributed by atoms with van der Waals surface area (Å²) in [5, 5.41) is 15.4. The van der Waals surface area contributed by atoms with Gasteiger partial charge in [-0.25, -0.2) is 13.9 Å². The third-order valence-electron chi connectivity index (χ3n) is 7.77. The second-order valence-corrected chi connectivity index (χ2v) is 10.5. The van der Waals surface area contributed by atoms with Crippen molar-refractivity contribution < 1.29 is 13.9 Å². The summed E-state index contributed by atoms with van der Waals surface area (Å²) in [6.45, 7) is 5.04. The van der Waals surface area contributed by atoms with E-state index < -0.39 is 5.82 Å². The monoisotopic (exact) mass is 532 g/mol. The van der Waals surface area contributed by atoms with Gasteiger partial charge in [0.1, 0.15) is 11.6 Å². The number of nitrogens with one attached hydrogen (secondary N) is 2. The fraction of sp³-hybridized carbons (Fsp3) is 0.429. The number of aryl methyl sites for hydroxylation is 1. The molecule has 0 spiro atoms. The highest BCUT2D eigenvalue weighted by atomic mass is 19.1. The SMILES string of the molecule is CNC(=O)c1cc(C)c(F)c(-c2cnn3cc(-c4cnn(C5CCN(C)CC5)c4)c(N[C@H]4CCOC4)nc23)c1. The number of hydrogen-bond acceptors (Lipinski definition) is 7. The predicted molar refractivity (Wildman–Crippen MR) is 146 cm³/mol. The lowest BCUT2D eigenvalue weighted by atomic mass is 10.0. The number of likely N-dealkylation sites (tertiary alicyclic amines) is 1. The van der Waals surface area contributed by atoms with Crippen LogP contribution in [-0.4, -0.2) is 81.6 Å². The summed E-state index contributed by atoms with van der Waals surface area (Å²) in [6, 6.07) is 3.58. The summed E-state index contributed by atoms with van der Waals surface area (Å²) in [5.41, 5.74) is 3.85. The molecular weight excluding hydrogens is 499 g/mol. The van der Waals surface area contributed by atoms with Crippen LogP contribution in [0, 0.1) is 12.7 Å². The van der Waals surface area contributed by atoms with E-state index in [0.29, 0.717) is 47.4 Å². The molecule has 39 heavy (non-hydrogen) atoms. The molecule has 2 aliphatic heterocycles. The van der Waals surface area contributed by atoms with E-state index in [9.17, 15) is 4.79 Å². The van der Waals surface area contributed by atoms with Crippen LogP contribution in [0.2, 0.25) is 0 Å². The molecule has 6 rings (SSSR count). The van der Waals surface area contributed by atoms with Crippen LogP contribution < -0.4 is 10.6 Å². The van der Waals surface area contributed by atoms with Crippen LogP contribution in [0.4, 0.5) is 10.2 Å².